The maximum atomic E-state index is 2.62. The molecule has 0 amide bonds. The van der Waals surface area contributed by atoms with Crippen LogP contribution in [-0.4, -0.2) is 3.21 Å². The third-order valence-electron chi connectivity index (χ3n) is 12.6. The molecular weight excluding hydrogens is 667 g/mol. The van der Waals surface area contributed by atoms with Gasteiger partial charge in [0.15, 0.2) is 0 Å². The largest absolute Gasteiger partial charge is 1.00 e. The van der Waals surface area contributed by atoms with Gasteiger partial charge in [0.05, 0.1) is 0 Å². The SMILES string of the molecule is C[C-]1C2=C3Cc4ccccc4C3=C3C=CCCC3C2(C)C(C)(C)C(C)(C)C1(C)C.C[C](=[Zr+2])c1ccccc1.[Cl-].[Cl-].c1cc[cH-]c1. The van der Waals surface area contributed by atoms with Crippen LogP contribution in [0.25, 0.3) is 5.57 Å². The molecule has 3 aromatic carbocycles. The second-order valence-corrected chi connectivity index (χ2v) is 16.5. The van der Waals surface area contributed by atoms with Gasteiger partial charge in [-0.1, -0.05) is 113 Å². The number of rotatable bonds is 1. The molecule has 4 aliphatic carbocycles. The second-order valence-electron chi connectivity index (χ2n) is 14.7. The maximum Gasteiger partial charge on any atom is -0.172 e. The molecule has 0 heterocycles. The minimum absolute atomic E-state index is 0. The van der Waals surface area contributed by atoms with Gasteiger partial charge in [-0.3, -0.25) is 0 Å². The molecule has 0 aliphatic heterocycles. The van der Waals surface area contributed by atoms with E-state index in [0.29, 0.717) is 5.92 Å². The summed E-state index contributed by atoms with van der Waals surface area (Å²) in [5, 5.41) is 0. The summed E-state index contributed by atoms with van der Waals surface area (Å²) in [6, 6.07) is 29.6. The van der Waals surface area contributed by atoms with Crippen LogP contribution in [0.2, 0.25) is 0 Å². The van der Waals surface area contributed by atoms with Crippen molar-refractivity contribution < 1.29 is 49.0 Å². The second kappa shape index (κ2) is 14.1. The molecule has 0 nitrogen and oxygen atoms in total. The molecular formula is C42H50Cl2Zr-2. The Balaban J connectivity index is 0.000000286. The van der Waals surface area contributed by atoms with Crippen molar-refractivity contribution in [3.05, 3.63) is 136 Å². The van der Waals surface area contributed by atoms with Crippen molar-refractivity contribution in [3.8, 4) is 0 Å². The first-order valence-electron chi connectivity index (χ1n) is 16.1. The monoisotopic (exact) mass is 714 g/mol. The third kappa shape index (κ3) is 6.05. The first-order valence-corrected chi connectivity index (χ1v) is 17.4. The van der Waals surface area contributed by atoms with E-state index >= 15 is 0 Å². The van der Waals surface area contributed by atoms with Crippen LogP contribution >= 0.6 is 0 Å². The molecule has 0 N–H and O–H groups in total. The van der Waals surface area contributed by atoms with Gasteiger partial charge in [-0.25, -0.2) is 18.1 Å². The van der Waals surface area contributed by atoms with Gasteiger partial charge >= 0.3 is 70.3 Å². The zero-order valence-electron chi connectivity index (χ0n) is 28.7. The molecule has 0 aromatic heterocycles. The van der Waals surface area contributed by atoms with E-state index in [-0.39, 0.29) is 46.5 Å². The maximum absolute atomic E-state index is 2.62. The Morgan fingerprint density at radius 3 is 1.98 bits per heavy atom. The zero-order valence-corrected chi connectivity index (χ0v) is 32.7. The van der Waals surface area contributed by atoms with Gasteiger partial charge in [-0.2, -0.15) is 29.3 Å². The Labute approximate surface area is 301 Å². The fourth-order valence-electron chi connectivity index (χ4n) is 8.58. The number of fused-ring (bicyclic) bond motifs is 6. The predicted octanol–water partition coefficient (Wildman–Crippen LogP) is 5.15. The Morgan fingerprint density at radius 1 is 0.822 bits per heavy atom. The van der Waals surface area contributed by atoms with Crippen LogP contribution in [0.1, 0.15) is 91.8 Å². The Morgan fingerprint density at radius 2 is 1.42 bits per heavy atom. The van der Waals surface area contributed by atoms with Crippen molar-refractivity contribution in [2.75, 3.05) is 0 Å². The van der Waals surface area contributed by atoms with Gasteiger partial charge in [0.1, 0.15) is 0 Å². The van der Waals surface area contributed by atoms with Crippen LogP contribution in [0.15, 0.2) is 114 Å². The smallest absolute Gasteiger partial charge is 0.172 e. The van der Waals surface area contributed by atoms with Crippen molar-refractivity contribution >= 4 is 8.78 Å². The molecule has 45 heavy (non-hydrogen) atoms. The van der Waals surface area contributed by atoms with E-state index in [1.165, 1.54) is 57.0 Å². The zero-order chi connectivity index (χ0) is 31.2. The molecule has 3 heteroatoms. The first-order chi connectivity index (χ1) is 20.3. The molecule has 2 atom stereocenters. The van der Waals surface area contributed by atoms with Crippen molar-refractivity contribution in [1.82, 2.24) is 0 Å². The minimum Gasteiger partial charge on any atom is -1.00 e. The molecule has 0 radical (unpaired) electrons. The molecule has 1 fully saturated rings. The predicted molar refractivity (Wildman–Crippen MR) is 183 cm³/mol. The van der Waals surface area contributed by atoms with Crippen LogP contribution in [0.5, 0.6) is 0 Å². The average molecular weight is 717 g/mol. The summed E-state index contributed by atoms with van der Waals surface area (Å²) in [4.78, 5) is 0. The average Bonchev–Trinajstić information content (AvgIpc) is 3.69. The van der Waals surface area contributed by atoms with Crippen molar-refractivity contribution in [3.63, 3.8) is 0 Å². The summed E-state index contributed by atoms with van der Waals surface area (Å²) in [6.07, 6.45) is 8.50. The molecule has 1 saturated carbocycles. The van der Waals surface area contributed by atoms with E-state index in [1.807, 2.05) is 36.4 Å². The number of hydrogen-bond donors (Lipinski definition) is 0. The number of hydrogen-bond acceptors (Lipinski definition) is 0. The van der Waals surface area contributed by atoms with Gasteiger partial charge in [-0.15, -0.1) is 6.92 Å². The standard InChI is InChI=1S/C29H37.C8H8.C5H5.2ClH.Zr/c1-18-25-22-17-19-13-9-10-14-20(19)24(22)21-15-11-12-16-23(21)29(25,8)28(6,7)27(4,5)26(18,2)3;1-2-8-6-4-3-5-7-8;1-2-4-5-3-1;;;/h9-11,13-15,23H,12,16-17H2,1-8H3;3-7H,1H3;1-5H;2*1H;/q-1;;-1;;;+2/p-2. The van der Waals surface area contributed by atoms with E-state index in [0.717, 1.165) is 6.42 Å². The topological polar surface area (TPSA) is 0 Å². The summed E-state index contributed by atoms with van der Waals surface area (Å²) >= 11 is 1.51. The van der Waals surface area contributed by atoms with Crippen LogP contribution in [0, 0.1) is 33.5 Å². The van der Waals surface area contributed by atoms with E-state index < -0.39 is 0 Å². The van der Waals surface area contributed by atoms with Crippen LogP contribution < -0.4 is 24.8 Å². The summed E-state index contributed by atoms with van der Waals surface area (Å²) in [5.74, 6) is 2.24. The van der Waals surface area contributed by atoms with E-state index in [1.54, 1.807) is 28.2 Å². The van der Waals surface area contributed by atoms with Crippen molar-refractivity contribution in [1.29, 1.82) is 0 Å². The van der Waals surface area contributed by atoms with Gasteiger partial charge in [0, 0.05) is 0 Å². The van der Waals surface area contributed by atoms with E-state index in [9.17, 15) is 0 Å². The summed E-state index contributed by atoms with van der Waals surface area (Å²) in [7, 11) is 0. The molecule has 238 valence electrons. The van der Waals surface area contributed by atoms with Crippen LogP contribution in [-0.2, 0) is 30.7 Å². The van der Waals surface area contributed by atoms with Gasteiger partial charge in [0.2, 0.25) is 0 Å². The summed E-state index contributed by atoms with van der Waals surface area (Å²) < 4.78 is 1.46. The van der Waals surface area contributed by atoms with Gasteiger partial charge in [-0.05, 0) is 40.6 Å². The summed E-state index contributed by atoms with van der Waals surface area (Å²) in [5.41, 5.74) is 11.7. The third-order valence-corrected chi connectivity index (χ3v) is 13.3. The molecule has 2 unspecified atom stereocenters. The molecule has 3 aromatic rings. The van der Waals surface area contributed by atoms with Gasteiger partial charge < -0.3 is 24.8 Å². The Kier molecular flexibility index (Phi) is 11.8. The van der Waals surface area contributed by atoms with Gasteiger partial charge in [0.25, 0.3) is 0 Å². The fourth-order valence-corrected chi connectivity index (χ4v) is 8.99. The fraction of sp³-hybridized carbons (Fsp3) is 0.405. The Bertz CT molecular complexity index is 1550. The summed E-state index contributed by atoms with van der Waals surface area (Å²) in [6.45, 7) is 22.5. The molecule has 0 saturated heterocycles. The number of allylic oxidation sites excluding steroid dienone is 6. The molecule has 0 spiro atoms. The Hall–Kier alpha value is -1.79. The van der Waals surface area contributed by atoms with E-state index in [2.05, 4.69) is 123 Å². The van der Waals surface area contributed by atoms with Crippen LogP contribution in [0.3, 0.4) is 0 Å². The number of halogens is 2. The number of benzene rings is 2. The van der Waals surface area contributed by atoms with Crippen molar-refractivity contribution in [2.45, 2.75) is 81.6 Å². The minimum atomic E-state index is 0. The molecule has 7 rings (SSSR count). The molecule has 0 bridgehead atoms. The quantitative estimate of drug-likeness (QED) is 0.306. The van der Waals surface area contributed by atoms with Crippen LogP contribution in [0.4, 0.5) is 0 Å². The van der Waals surface area contributed by atoms with E-state index in [4.69, 9.17) is 0 Å². The normalized spacial score (nSPS) is 24.2. The first kappa shape index (κ1) is 37.7. The molecule has 4 aliphatic rings. The van der Waals surface area contributed by atoms with Crippen molar-refractivity contribution in [2.24, 2.45) is 27.6 Å².